The number of nitrogens with zero attached hydrogens (tertiary/aromatic N) is 1. The molecule has 2 nitrogen and oxygen atoms in total. The number of anilines is 3. The quantitative estimate of drug-likeness (QED) is 0.194. The molecule has 8 aromatic carbocycles. The average molecular weight is 607 g/mol. The van der Waals surface area contributed by atoms with E-state index in [0.29, 0.717) is 0 Å². The summed E-state index contributed by atoms with van der Waals surface area (Å²) in [5.41, 5.74) is -0.708. The molecule has 0 aliphatic carbocycles. The van der Waals surface area contributed by atoms with E-state index >= 15 is 0 Å². The highest BCUT2D eigenvalue weighted by Crippen LogP contribution is 2.39. The van der Waals surface area contributed by atoms with E-state index in [-0.39, 0.29) is 131 Å². The standard InChI is InChI=1S/C44H29NO/c1-2-10-37(11-3-1)45(38-22-16-31(17-23-38)34-15-14-30-8-4-5-9-33(30)28-34)39-24-18-32(19-25-39)35-20-26-40-36(29-35)21-27-43-44(40)41-12-6-7-13-42(41)46-43/h1-29H/i1D,4D,5D,6D,7D,9D,10D,11D,12D,13D,14D,15D,21D,22D,23D,24D,25D,26D,27D. The molecule has 1 heterocycles. The number of benzene rings is 8. The smallest absolute Gasteiger partial charge is 0.136 e. The highest BCUT2D eigenvalue weighted by molar-refractivity contribution is 6.19. The van der Waals surface area contributed by atoms with Gasteiger partial charge >= 0.3 is 0 Å². The first kappa shape index (κ1) is 13.5. The fourth-order valence-corrected chi connectivity index (χ4v) is 5.38. The molecular formula is C44H29NO. The molecule has 2 heteroatoms. The van der Waals surface area contributed by atoms with Crippen molar-refractivity contribution < 1.29 is 30.5 Å². The molecule has 0 bridgehead atoms. The van der Waals surface area contributed by atoms with Gasteiger partial charge in [-0.05, 0) is 104 Å². The Balaban J connectivity index is 1.24. The molecule has 0 N–H and O–H groups in total. The van der Waals surface area contributed by atoms with E-state index in [1.54, 1.807) is 0 Å². The molecule has 0 atom stereocenters. The summed E-state index contributed by atoms with van der Waals surface area (Å²) in [4.78, 5) is 1.07. The van der Waals surface area contributed by atoms with Crippen LogP contribution in [0.3, 0.4) is 0 Å². The molecule has 0 unspecified atom stereocenters. The molecule has 216 valence electrons. The maximum atomic E-state index is 9.33. The van der Waals surface area contributed by atoms with Crippen LogP contribution in [0.4, 0.5) is 17.1 Å². The average Bonchev–Trinajstić information content (AvgIpc) is 3.64. The summed E-state index contributed by atoms with van der Waals surface area (Å²) in [5.74, 6) is 0. The Morgan fingerprint density at radius 3 is 1.87 bits per heavy atom. The van der Waals surface area contributed by atoms with Crippen LogP contribution in [0, 0.1) is 0 Å². The van der Waals surface area contributed by atoms with E-state index in [9.17, 15) is 5.48 Å². The van der Waals surface area contributed by atoms with E-state index in [0.717, 1.165) is 17.0 Å². The van der Waals surface area contributed by atoms with Crippen LogP contribution in [0.2, 0.25) is 0 Å². The van der Waals surface area contributed by atoms with Crippen molar-refractivity contribution in [3.05, 3.63) is 175 Å². The van der Waals surface area contributed by atoms with E-state index in [2.05, 4.69) is 0 Å². The lowest BCUT2D eigenvalue weighted by Gasteiger charge is -2.26. The maximum absolute atomic E-state index is 9.33. The third kappa shape index (κ3) is 4.51. The summed E-state index contributed by atoms with van der Waals surface area (Å²) in [6, 6.07) is 5.41. The van der Waals surface area contributed by atoms with Crippen molar-refractivity contribution in [2.75, 3.05) is 4.90 Å². The Morgan fingerprint density at radius 1 is 0.413 bits per heavy atom. The Kier molecular flexibility index (Phi) is 3.16. The van der Waals surface area contributed by atoms with Crippen LogP contribution < -0.4 is 4.90 Å². The van der Waals surface area contributed by atoms with E-state index in [4.69, 9.17) is 25.0 Å². The fourth-order valence-electron chi connectivity index (χ4n) is 5.38. The molecule has 0 aliphatic heterocycles. The topological polar surface area (TPSA) is 16.4 Å². The predicted octanol–water partition coefficient (Wildman–Crippen LogP) is 12.7. The highest BCUT2D eigenvalue weighted by Gasteiger charge is 2.14. The van der Waals surface area contributed by atoms with Gasteiger partial charge in [-0.25, -0.2) is 0 Å². The summed E-state index contributed by atoms with van der Waals surface area (Å²) in [5, 5.41) is 0.344. The van der Waals surface area contributed by atoms with E-state index < -0.39 is 66.5 Å². The second-order valence-corrected chi connectivity index (χ2v) is 10.3. The van der Waals surface area contributed by atoms with Gasteiger partial charge in [0, 0.05) is 27.8 Å². The zero-order chi connectivity index (χ0) is 47.0. The predicted molar refractivity (Wildman–Crippen MR) is 194 cm³/mol. The zero-order valence-electron chi connectivity index (χ0n) is 42.6. The second kappa shape index (κ2) is 10.8. The summed E-state index contributed by atoms with van der Waals surface area (Å²) in [6.45, 7) is 0. The Morgan fingerprint density at radius 2 is 1.07 bits per heavy atom. The number of rotatable bonds is 5. The Bertz CT molecular complexity index is 3550. The molecule has 0 saturated carbocycles. The van der Waals surface area contributed by atoms with Crippen molar-refractivity contribution in [2.45, 2.75) is 0 Å². The van der Waals surface area contributed by atoms with Gasteiger partial charge in [0.05, 0.1) is 26.0 Å². The summed E-state index contributed by atoms with van der Waals surface area (Å²) in [7, 11) is 0. The van der Waals surface area contributed by atoms with Crippen LogP contribution in [0.15, 0.2) is 180 Å². The molecule has 46 heavy (non-hydrogen) atoms. The molecule has 1 aromatic heterocycles. The molecule has 9 aromatic rings. The lowest BCUT2D eigenvalue weighted by molar-refractivity contribution is 0.669. The van der Waals surface area contributed by atoms with Crippen LogP contribution in [-0.4, -0.2) is 0 Å². The Hall–Kier alpha value is -6.12. The number of hydrogen-bond acceptors (Lipinski definition) is 2. The third-order valence-electron chi connectivity index (χ3n) is 7.59. The van der Waals surface area contributed by atoms with Crippen LogP contribution in [0.25, 0.3) is 65.7 Å². The minimum Gasteiger partial charge on any atom is -0.456 e. The molecule has 9 rings (SSSR count). The van der Waals surface area contributed by atoms with Gasteiger partial charge < -0.3 is 9.32 Å². The first-order valence-electron chi connectivity index (χ1n) is 23.6. The van der Waals surface area contributed by atoms with Crippen molar-refractivity contribution in [1.29, 1.82) is 0 Å². The van der Waals surface area contributed by atoms with Gasteiger partial charge in [0.15, 0.2) is 0 Å². The highest BCUT2D eigenvalue weighted by atomic mass is 16.3. The van der Waals surface area contributed by atoms with Gasteiger partial charge in [-0.3, -0.25) is 0 Å². The lowest BCUT2D eigenvalue weighted by atomic mass is 9.98. The van der Waals surface area contributed by atoms with Crippen LogP contribution in [0.5, 0.6) is 0 Å². The van der Waals surface area contributed by atoms with Gasteiger partial charge in [-0.15, -0.1) is 0 Å². The van der Waals surface area contributed by atoms with Gasteiger partial charge in [-0.2, -0.15) is 0 Å². The number of para-hydroxylation sites is 2. The van der Waals surface area contributed by atoms with Gasteiger partial charge in [0.2, 0.25) is 0 Å². The molecule has 0 radical (unpaired) electrons. The van der Waals surface area contributed by atoms with E-state index in [1.807, 2.05) is 0 Å². The first-order valence-corrected chi connectivity index (χ1v) is 14.1. The second-order valence-electron chi connectivity index (χ2n) is 10.3. The lowest BCUT2D eigenvalue weighted by Crippen LogP contribution is -2.09. The van der Waals surface area contributed by atoms with Crippen LogP contribution in [-0.2, 0) is 0 Å². The summed E-state index contributed by atoms with van der Waals surface area (Å²) in [6.07, 6.45) is 0. The summed E-state index contributed by atoms with van der Waals surface area (Å²) >= 11 is 0. The molecule has 0 aliphatic rings. The van der Waals surface area contributed by atoms with Crippen molar-refractivity contribution in [2.24, 2.45) is 0 Å². The molecule has 0 saturated heterocycles. The SMILES string of the molecule is [2H]c1cc([2H])c(N(c2c([2H])cc(-c3cc([2H])c4c(c3)c([2H])c([2H])c3oc5c([2H])c([2H])c([2H])c([2H])c5c34)cc2[2H])c2c([2H])cc(-c3cc4c([2H])c([2H])c([2H])cc4c([2H])c3[2H])cc2[2H])c([2H])c1. The minimum absolute atomic E-state index is 0.0458. The molecular weight excluding hydrogens is 558 g/mol. The van der Waals surface area contributed by atoms with E-state index in [1.165, 1.54) is 48.5 Å². The van der Waals surface area contributed by atoms with Gasteiger partial charge in [0.1, 0.15) is 11.2 Å². The first-order chi connectivity index (χ1) is 30.6. The third-order valence-corrected chi connectivity index (χ3v) is 7.59. The van der Waals surface area contributed by atoms with Crippen molar-refractivity contribution in [3.63, 3.8) is 0 Å². The van der Waals surface area contributed by atoms with Gasteiger partial charge in [0.25, 0.3) is 0 Å². The van der Waals surface area contributed by atoms with Crippen molar-refractivity contribution in [1.82, 2.24) is 0 Å². The van der Waals surface area contributed by atoms with Crippen LogP contribution >= 0.6 is 0 Å². The number of hydrogen-bond donors (Lipinski definition) is 0. The zero-order valence-corrected chi connectivity index (χ0v) is 23.6. The van der Waals surface area contributed by atoms with Crippen molar-refractivity contribution in [3.8, 4) is 22.3 Å². The Labute approximate surface area is 294 Å². The van der Waals surface area contributed by atoms with Crippen molar-refractivity contribution >= 4 is 60.5 Å². The maximum Gasteiger partial charge on any atom is 0.136 e. The largest absolute Gasteiger partial charge is 0.456 e. The monoisotopic (exact) mass is 606 g/mol. The summed E-state index contributed by atoms with van der Waals surface area (Å²) < 4.78 is 171. The minimum atomic E-state index is -0.553. The molecule has 0 spiro atoms. The molecule has 0 amide bonds. The number of fused-ring (bicyclic) bond motifs is 6. The number of furan rings is 1. The normalized spacial score (nSPS) is 17.3. The molecule has 0 fully saturated rings. The van der Waals surface area contributed by atoms with Crippen LogP contribution in [0.1, 0.15) is 26.0 Å². The van der Waals surface area contributed by atoms with Gasteiger partial charge in [-0.1, -0.05) is 115 Å². The fraction of sp³-hybridized carbons (Fsp3) is 0.